The van der Waals surface area contributed by atoms with Crippen LogP contribution in [0.2, 0.25) is 0 Å². The highest BCUT2D eigenvalue weighted by Crippen LogP contribution is 2.31. The van der Waals surface area contributed by atoms with Crippen molar-refractivity contribution >= 4 is 25.8 Å². The first kappa shape index (κ1) is 23.4. The Morgan fingerprint density at radius 1 is 1.10 bits per heavy atom. The summed E-state index contributed by atoms with van der Waals surface area (Å²) in [4.78, 5) is 12.3. The Hall–Kier alpha value is -1.85. The SMILES string of the molecule is CCS(=O)(=O)CCNC(=O)C1CCN(S(=O)(=O)c2ccc(OC)c(OC)c2)CC1. The molecule has 0 radical (unpaired) electrons. The summed E-state index contributed by atoms with van der Waals surface area (Å²) < 4.78 is 60.5. The normalized spacial score (nSPS) is 16.4. The van der Waals surface area contributed by atoms with E-state index in [9.17, 15) is 21.6 Å². The number of sulfone groups is 1. The van der Waals surface area contributed by atoms with Crippen LogP contribution in [0.25, 0.3) is 0 Å². The van der Waals surface area contributed by atoms with Gasteiger partial charge in [-0.1, -0.05) is 6.92 Å². The standard InChI is InChI=1S/C18H28N2O7S2/c1-4-28(22,23)12-9-19-18(21)14-7-10-20(11-8-14)29(24,25)15-5-6-16(26-2)17(13-15)27-3/h5-6,13-14H,4,7-12H2,1-3H3,(H,19,21). The quantitative estimate of drug-likeness (QED) is 0.589. The van der Waals surface area contributed by atoms with E-state index in [1.54, 1.807) is 6.92 Å². The molecule has 0 bridgehead atoms. The van der Waals surface area contributed by atoms with Crippen LogP contribution >= 0.6 is 0 Å². The first-order valence-corrected chi connectivity index (χ1v) is 12.6. The zero-order chi connectivity index (χ0) is 21.7. The number of carbonyl (C=O) groups is 1. The van der Waals surface area contributed by atoms with E-state index in [0.717, 1.165) is 0 Å². The molecule has 0 saturated carbocycles. The number of hydrogen-bond acceptors (Lipinski definition) is 7. The van der Waals surface area contributed by atoms with Crippen LogP contribution in [-0.2, 0) is 24.7 Å². The van der Waals surface area contributed by atoms with Gasteiger partial charge in [0.15, 0.2) is 21.3 Å². The van der Waals surface area contributed by atoms with Gasteiger partial charge in [0.25, 0.3) is 0 Å². The fourth-order valence-corrected chi connectivity index (χ4v) is 5.29. The minimum atomic E-state index is -3.72. The predicted octanol–water partition coefficient (Wildman–Crippen LogP) is 0.655. The van der Waals surface area contributed by atoms with Crippen molar-refractivity contribution in [3.8, 4) is 11.5 Å². The predicted molar refractivity (Wildman–Crippen MR) is 108 cm³/mol. The highest BCUT2D eigenvalue weighted by atomic mass is 32.2. The van der Waals surface area contributed by atoms with Crippen molar-refractivity contribution in [3.05, 3.63) is 18.2 Å². The van der Waals surface area contributed by atoms with Crippen LogP contribution in [0.3, 0.4) is 0 Å². The fourth-order valence-electron chi connectivity index (χ4n) is 3.10. The molecule has 164 valence electrons. The number of amides is 1. The summed E-state index contributed by atoms with van der Waals surface area (Å²) in [5.74, 6) is 0.129. The third-order valence-corrected chi connectivity index (χ3v) is 8.57. The minimum absolute atomic E-state index is 0.0370. The third kappa shape index (κ3) is 5.83. The van der Waals surface area contributed by atoms with Crippen LogP contribution in [-0.4, -0.2) is 72.4 Å². The van der Waals surface area contributed by atoms with Gasteiger partial charge in [-0.15, -0.1) is 0 Å². The average molecular weight is 449 g/mol. The molecule has 1 N–H and O–H groups in total. The molecule has 29 heavy (non-hydrogen) atoms. The number of rotatable bonds is 9. The Morgan fingerprint density at radius 3 is 2.28 bits per heavy atom. The summed E-state index contributed by atoms with van der Waals surface area (Å²) in [7, 11) is -3.95. The lowest BCUT2D eigenvalue weighted by atomic mass is 9.97. The van der Waals surface area contributed by atoms with Gasteiger partial charge in [-0.3, -0.25) is 4.79 Å². The number of sulfonamides is 1. The fraction of sp³-hybridized carbons (Fsp3) is 0.611. The molecule has 11 heteroatoms. The molecule has 1 aromatic rings. The second kappa shape index (κ2) is 9.77. The van der Waals surface area contributed by atoms with Gasteiger partial charge in [0.05, 0.1) is 24.9 Å². The summed E-state index contributed by atoms with van der Waals surface area (Å²) in [6.45, 7) is 2.05. The van der Waals surface area contributed by atoms with E-state index in [1.165, 1.54) is 36.7 Å². The lowest BCUT2D eigenvalue weighted by Crippen LogP contribution is -2.43. The van der Waals surface area contributed by atoms with Crippen LogP contribution < -0.4 is 14.8 Å². The Bertz CT molecular complexity index is 922. The van der Waals surface area contributed by atoms with Gasteiger partial charge in [-0.25, -0.2) is 16.8 Å². The molecule has 1 heterocycles. The molecular weight excluding hydrogens is 420 g/mol. The first-order chi connectivity index (χ1) is 13.6. The number of hydrogen-bond donors (Lipinski definition) is 1. The summed E-state index contributed by atoms with van der Waals surface area (Å²) in [5, 5.41) is 2.64. The van der Waals surface area contributed by atoms with Crippen molar-refractivity contribution in [2.45, 2.75) is 24.7 Å². The van der Waals surface area contributed by atoms with Crippen LogP contribution in [0.4, 0.5) is 0 Å². The number of carbonyl (C=O) groups excluding carboxylic acids is 1. The zero-order valence-corrected chi connectivity index (χ0v) is 18.5. The van der Waals surface area contributed by atoms with E-state index in [-0.39, 0.29) is 47.9 Å². The van der Waals surface area contributed by atoms with E-state index < -0.39 is 19.9 Å². The Kier molecular flexibility index (Phi) is 7.89. The third-order valence-electron chi connectivity index (χ3n) is 4.97. The number of ether oxygens (including phenoxy) is 2. The summed E-state index contributed by atoms with van der Waals surface area (Å²) >= 11 is 0. The Morgan fingerprint density at radius 2 is 1.72 bits per heavy atom. The zero-order valence-electron chi connectivity index (χ0n) is 16.9. The minimum Gasteiger partial charge on any atom is -0.493 e. The molecule has 1 aromatic carbocycles. The van der Waals surface area contributed by atoms with Crippen molar-refractivity contribution in [1.82, 2.24) is 9.62 Å². The molecular formula is C18H28N2O7S2. The topological polar surface area (TPSA) is 119 Å². The molecule has 1 aliphatic heterocycles. The summed E-state index contributed by atoms with van der Waals surface area (Å²) in [5.41, 5.74) is 0. The second-order valence-corrected chi connectivity index (χ2v) is 11.1. The van der Waals surface area contributed by atoms with Gasteiger partial charge in [0.2, 0.25) is 15.9 Å². The molecule has 1 fully saturated rings. The van der Waals surface area contributed by atoms with Crippen LogP contribution in [0.15, 0.2) is 23.1 Å². The van der Waals surface area contributed by atoms with Crippen molar-refractivity contribution in [2.75, 3.05) is 45.4 Å². The number of benzene rings is 1. The van der Waals surface area contributed by atoms with Crippen LogP contribution in [0, 0.1) is 5.92 Å². The highest BCUT2D eigenvalue weighted by Gasteiger charge is 2.32. The van der Waals surface area contributed by atoms with Gasteiger partial charge >= 0.3 is 0 Å². The molecule has 9 nitrogen and oxygen atoms in total. The van der Waals surface area contributed by atoms with Crippen LogP contribution in [0.5, 0.6) is 11.5 Å². The monoisotopic (exact) mass is 448 g/mol. The van der Waals surface area contributed by atoms with Gasteiger partial charge in [0.1, 0.15) is 0 Å². The Balaban J connectivity index is 1.96. The number of nitrogens with one attached hydrogen (secondary N) is 1. The largest absolute Gasteiger partial charge is 0.493 e. The second-order valence-electron chi connectivity index (χ2n) is 6.72. The van der Waals surface area contributed by atoms with E-state index >= 15 is 0 Å². The highest BCUT2D eigenvalue weighted by molar-refractivity contribution is 7.91. The smallest absolute Gasteiger partial charge is 0.243 e. The van der Waals surface area contributed by atoms with Crippen molar-refractivity contribution < 1.29 is 31.1 Å². The maximum absolute atomic E-state index is 12.9. The molecule has 0 atom stereocenters. The van der Waals surface area contributed by atoms with E-state index in [4.69, 9.17) is 9.47 Å². The molecule has 2 rings (SSSR count). The summed E-state index contributed by atoms with van der Waals surface area (Å²) in [6, 6.07) is 4.42. The number of methoxy groups -OCH3 is 2. The van der Waals surface area contributed by atoms with Crippen LogP contribution in [0.1, 0.15) is 19.8 Å². The number of nitrogens with zero attached hydrogens (tertiary/aromatic N) is 1. The summed E-state index contributed by atoms with van der Waals surface area (Å²) in [6.07, 6.45) is 0.748. The Labute approximate surface area is 172 Å². The van der Waals surface area contributed by atoms with E-state index in [0.29, 0.717) is 24.3 Å². The molecule has 1 aliphatic rings. The first-order valence-electron chi connectivity index (χ1n) is 9.35. The average Bonchev–Trinajstić information content (AvgIpc) is 2.73. The molecule has 0 unspecified atom stereocenters. The molecule has 0 aromatic heterocycles. The maximum atomic E-state index is 12.9. The molecule has 0 spiro atoms. The lowest BCUT2D eigenvalue weighted by Gasteiger charge is -2.30. The van der Waals surface area contributed by atoms with Crippen molar-refractivity contribution in [2.24, 2.45) is 5.92 Å². The molecule has 0 aliphatic carbocycles. The van der Waals surface area contributed by atoms with Gasteiger partial charge < -0.3 is 14.8 Å². The van der Waals surface area contributed by atoms with Crippen molar-refractivity contribution in [1.29, 1.82) is 0 Å². The molecule has 1 amide bonds. The van der Waals surface area contributed by atoms with Crippen molar-refractivity contribution in [3.63, 3.8) is 0 Å². The maximum Gasteiger partial charge on any atom is 0.243 e. The van der Waals surface area contributed by atoms with E-state index in [1.807, 2.05) is 0 Å². The van der Waals surface area contributed by atoms with Gasteiger partial charge in [-0.05, 0) is 25.0 Å². The van der Waals surface area contributed by atoms with E-state index in [2.05, 4.69) is 5.32 Å². The molecule has 1 saturated heterocycles. The lowest BCUT2D eigenvalue weighted by molar-refractivity contribution is -0.125. The van der Waals surface area contributed by atoms with Gasteiger partial charge in [0, 0.05) is 37.4 Å². The number of piperidine rings is 1. The van der Waals surface area contributed by atoms with Gasteiger partial charge in [-0.2, -0.15) is 4.31 Å².